The smallest absolute Gasteiger partial charge is 0.311 e. The molecule has 0 radical (unpaired) electrons. The Morgan fingerprint density at radius 3 is 2.55 bits per heavy atom. The Balaban J connectivity index is 2.01. The number of rotatable bonds is 4. The Hall–Kier alpha value is -1.85. The second-order valence-corrected chi connectivity index (χ2v) is 6.63. The molecule has 0 saturated heterocycles. The molecule has 0 saturated carbocycles. The first-order valence-electron chi connectivity index (χ1n) is 7.40. The molecule has 0 amide bonds. The Labute approximate surface area is 130 Å². The van der Waals surface area contributed by atoms with Crippen molar-refractivity contribution >= 4 is 34.9 Å². The minimum Gasteiger partial charge on any atom is -0.454 e. The normalized spacial score (nSPS) is 13.0. The Morgan fingerprint density at radius 2 is 1.82 bits per heavy atom. The Morgan fingerprint density at radius 1 is 1.09 bits per heavy atom. The predicted molar refractivity (Wildman–Crippen MR) is 89.8 cm³/mol. The average Bonchev–Trinajstić information content (AvgIpc) is 2.83. The Kier molecular flexibility index (Phi) is 3.50. The van der Waals surface area contributed by atoms with Gasteiger partial charge >= 0.3 is 7.48 Å². The predicted octanol–water partition coefficient (Wildman–Crippen LogP) is 2.52. The van der Waals surface area contributed by atoms with Crippen molar-refractivity contribution in [2.45, 2.75) is 38.9 Å². The number of aromatic nitrogens is 1. The topological polar surface area (TPSA) is 55.5 Å². The molecule has 0 bridgehead atoms. The van der Waals surface area contributed by atoms with Crippen LogP contribution < -0.4 is 5.46 Å². The standard InChI is InChI=1S/C17H20BNO3/c1-16(2,20)17(3,4)22-18-12-9-19-10-14-15(12)11-7-5-6-8-13(11)21-14/h5-10,18,20H,1-4H3. The van der Waals surface area contributed by atoms with Gasteiger partial charge in [-0.25, -0.2) is 0 Å². The molecular weight excluding hydrogens is 277 g/mol. The molecule has 22 heavy (non-hydrogen) atoms. The number of benzene rings is 1. The zero-order valence-electron chi connectivity index (χ0n) is 13.4. The van der Waals surface area contributed by atoms with E-state index in [9.17, 15) is 5.11 Å². The van der Waals surface area contributed by atoms with Crippen LogP contribution in [0.25, 0.3) is 21.9 Å². The fourth-order valence-corrected chi connectivity index (χ4v) is 2.29. The van der Waals surface area contributed by atoms with Crippen LogP contribution in [0.2, 0.25) is 0 Å². The second-order valence-electron chi connectivity index (χ2n) is 6.63. The van der Waals surface area contributed by atoms with E-state index in [0.29, 0.717) is 7.48 Å². The SMILES string of the molecule is CC(C)(O)C(C)(C)OBc1cncc2oc3ccccc3c12. The molecule has 114 valence electrons. The molecule has 0 aliphatic heterocycles. The van der Waals surface area contributed by atoms with Crippen LogP contribution >= 0.6 is 0 Å². The summed E-state index contributed by atoms with van der Waals surface area (Å²) in [4.78, 5) is 4.23. The summed E-state index contributed by atoms with van der Waals surface area (Å²) in [6.45, 7) is 7.26. The van der Waals surface area contributed by atoms with E-state index in [0.717, 1.165) is 27.4 Å². The van der Waals surface area contributed by atoms with Crippen LogP contribution in [0.1, 0.15) is 27.7 Å². The van der Waals surface area contributed by atoms with E-state index in [1.54, 1.807) is 26.2 Å². The number of furan rings is 1. The van der Waals surface area contributed by atoms with Crippen molar-refractivity contribution < 1.29 is 14.2 Å². The number of para-hydroxylation sites is 1. The average molecular weight is 297 g/mol. The van der Waals surface area contributed by atoms with Crippen LogP contribution in [0.15, 0.2) is 41.1 Å². The van der Waals surface area contributed by atoms with Crippen LogP contribution in [0.4, 0.5) is 0 Å². The number of pyridine rings is 1. The first kappa shape index (κ1) is 15.1. The van der Waals surface area contributed by atoms with Crippen molar-refractivity contribution in [1.82, 2.24) is 4.98 Å². The van der Waals surface area contributed by atoms with Gasteiger partial charge in [-0.15, -0.1) is 0 Å². The molecule has 0 unspecified atom stereocenters. The lowest BCUT2D eigenvalue weighted by molar-refractivity contribution is -0.0893. The Bertz CT molecular complexity index is 817. The van der Waals surface area contributed by atoms with Gasteiger partial charge in [0.05, 0.1) is 17.4 Å². The maximum absolute atomic E-state index is 10.2. The highest BCUT2D eigenvalue weighted by atomic mass is 16.5. The molecule has 5 heteroatoms. The zero-order valence-corrected chi connectivity index (χ0v) is 13.4. The van der Waals surface area contributed by atoms with Crippen LogP contribution in [0, 0.1) is 0 Å². The van der Waals surface area contributed by atoms with Crippen molar-refractivity contribution in [2.24, 2.45) is 0 Å². The fraction of sp³-hybridized carbons (Fsp3) is 0.353. The summed E-state index contributed by atoms with van der Waals surface area (Å²) in [7, 11) is 0.366. The van der Waals surface area contributed by atoms with Crippen molar-refractivity contribution in [3.05, 3.63) is 36.7 Å². The van der Waals surface area contributed by atoms with Gasteiger partial charge in [-0.3, -0.25) is 4.98 Å². The maximum Gasteiger partial charge on any atom is 0.311 e. The number of nitrogens with zero attached hydrogens (tertiary/aromatic N) is 1. The van der Waals surface area contributed by atoms with Gasteiger partial charge in [0.25, 0.3) is 0 Å². The molecular formula is C17H20BNO3. The van der Waals surface area contributed by atoms with Crippen LogP contribution in [0.5, 0.6) is 0 Å². The number of hydrogen-bond acceptors (Lipinski definition) is 4. The van der Waals surface area contributed by atoms with E-state index in [1.807, 2.05) is 38.1 Å². The van der Waals surface area contributed by atoms with Gasteiger partial charge in [0, 0.05) is 17.0 Å². The summed E-state index contributed by atoms with van der Waals surface area (Å²) in [5.41, 5.74) is 0.943. The highest BCUT2D eigenvalue weighted by Gasteiger charge is 2.35. The molecule has 0 atom stereocenters. The lowest BCUT2D eigenvalue weighted by atomic mass is 9.81. The second kappa shape index (κ2) is 5.11. The van der Waals surface area contributed by atoms with Crippen LogP contribution in [-0.4, -0.2) is 28.8 Å². The molecule has 0 spiro atoms. The summed E-state index contributed by atoms with van der Waals surface area (Å²) in [6.07, 6.45) is 3.52. The van der Waals surface area contributed by atoms with Crippen molar-refractivity contribution in [1.29, 1.82) is 0 Å². The summed E-state index contributed by atoms with van der Waals surface area (Å²) >= 11 is 0. The lowest BCUT2D eigenvalue weighted by Crippen LogP contribution is -2.49. The third-order valence-electron chi connectivity index (χ3n) is 4.43. The molecule has 0 aliphatic carbocycles. The van der Waals surface area contributed by atoms with Gasteiger partial charge in [0.1, 0.15) is 5.58 Å². The fourth-order valence-electron chi connectivity index (χ4n) is 2.29. The summed E-state index contributed by atoms with van der Waals surface area (Å²) in [5, 5.41) is 12.3. The van der Waals surface area contributed by atoms with Crippen LogP contribution in [0.3, 0.4) is 0 Å². The molecule has 0 fully saturated rings. The monoisotopic (exact) mass is 297 g/mol. The van der Waals surface area contributed by atoms with Crippen molar-refractivity contribution in [2.75, 3.05) is 0 Å². The molecule has 4 nitrogen and oxygen atoms in total. The van der Waals surface area contributed by atoms with Crippen molar-refractivity contribution in [3.8, 4) is 0 Å². The molecule has 3 rings (SSSR count). The van der Waals surface area contributed by atoms with Gasteiger partial charge < -0.3 is 14.2 Å². The van der Waals surface area contributed by atoms with Gasteiger partial charge in [0.2, 0.25) is 0 Å². The minimum absolute atomic E-state index is 0.366. The summed E-state index contributed by atoms with van der Waals surface area (Å²) in [6, 6.07) is 7.92. The first-order valence-corrected chi connectivity index (χ1v) is 7.40. The number of fused-ring (bicyclic) bond motifs is 3. The van der Waals surface area contributed by atoms with E-state index in [-0.39, 0.29) is 0 Å². The van der Waals surface area contributed by atoms with Gasteiger partial charge in [0.15, 0.2) is 5.58 Å². The van der Waals surface area contributed by atoms with E-state index in [1.165, 1.54) is 0 Å². The maximum atomic E-state index is 10.2. The highest BCUT2D eigenvalue weighted by molar-refractivity contribution is 6.52. The summed E-state index contributed by atoms with van der Waals surface area (Å²) in [5.74, 6) is 0. The van der Waals surface area contributed by atoms with E-state index in [4.69, 9.17) is 9.07 Å². The zero-order chi connectivity index (χ0) is 16.0. The number of hydrogen-bond donors (Lipinski definition) is 1. The molecule has 2 aromatic heterocycles. The van der Waals surface area contributed by atoms with E-state index in [2.05, 4.69) is 4.98 Å². The first-order chi connectivity index (χ1) is 10.3. The lowest BCUT2D eigenvalue weighted by Gasteiger charge is -2.37. The summed E-state index contributed by atoms with van der Waals surface area (Å²) < 4.78 is 11.8. The van der Waals surface area contributed by atoms with E-state index >= 15 is 0 Å². The molecule has 2 heterocycles. The molecule has 1 aromatic carbocycles. The van der Waals surface area contributed by atoms with Crippen molar-refractivity contribution in [3.63, 3.8) is 0 Å². The van der Waals surface area contributed by atoms with Gasteiger partial charge in [-0.05, 0) is 39.2 Å². The number of aliphatic hydroxyl groups is 1. The van der Waals surface area contributed by atoms with Crippen LogP contribution in [-0.2, 0) is 4.65 Å². The third kappa shape index (κ3) is 2.51. The minimum atomic E-state index is -0.938. The van der Waals surface area contributed by atoms with Gasteiger partial charge in [-0.1, -0.05) is 18.2 Å². The quantitative estimate of drug-likeness (QED) is 0.752. The third-order valence-corrected chi connectivity index (χ3v) is 4.43. The highest BCUT2D eigenvalue weighted by Crippen LogP contribution is 2.27. The van der Waals surface area contributed by atoms with Gasteiger partial charge in [-0.2, -0.15) is 0 Å². The largest absolute Gasteiger partial charge is 0.454 e. The molecule has 3 aromatic rings. The van der Waals surface area contributed by atoms with E-state index < -0.39 is 11.2 Å². The molecule has 0 aliphatic rings. The molecule has 1 N–H and O–H groups in total.